The van der Waals surface area contributed by atoms with Crippen LogP contribution in [-0.2, 0) is 4.84 Å². The molecule has 6 atom stereocenters. The normalized spacial score (nSPS) is 29.3. The molecule has 2 aliphatic carbocycles. The number of carboxylic acid groups (broad SMARTS) is 1. The number of carbonyl (C=O) groups is 1. The molecule has 0 unspecified atom stereocenters. The number of carboxylic acids is 1. The lowest BCUT2D eigenvalue weighted by Crippen LogP contribution is -2.62. The van der Waals surface area contributed by atoms with E-state index in [0.29, 0.717) is 30.9 Å². The molecule has 12 heteroatoms. The number of phenols is 1. The van der Waals surface area contributed by atoms with Crippen molar-refractivity contribution in [2.75, 3.05) is 19.8 Å². The van der Waals surface area contributed by atoms with Crippen LogP contribution in [0.15, 0.2) is 41.2 Å². The smallest absolute Gasteiger partial charge is 0.355 e. The van der Waals surface area contributed by atoms with E-state index in [1.165, 1.54) is 10.7 Å². The average Bonchev–Trinajstić information content (AvgIpc) is 3.44. The highest BCUT2D eigenvalue weighted by Gasteiger charge is 2.63. The van der Waals surface area contributed by atoms with Gasteiger partial charge in [-0.3, -0.25) is 0 Å². The number of aromatic carboxylic acids is 1. The molecule has 5 N–H and O–H groups in total. The second-order valence-corrected chi connectivity index (χ2v) is 11.0. The van der Waals surface area contributed by atoms with Crippen LogP contribution < -0.4 is 4.74 Å². The largest absolute Gasteiger partial charge is 0.508 e. The van der Waals surface area contributed by atoms with E-state index in [1.54, 1.807) is 12.1 Å². The van der Waals surface area contributed by atoms with Crippen LogP contribution >= 0.6 is 0 Å². The molecule has 222 valence electrons. The van der Waals surface area contributed by atoms with Gasteiger partial charge in [0.25, 0.3) is 0 Å². The maximum atomic E-state index is 12.6. The van der Waals surface area contributed by atoms with Gasteiger partial charge >= 0.3 is 5.97 Å². The summed E-state index contributed by atoms with van der Waals surface area (Å²) in [5, 5.41) is 64.3. The fourth-order valence-electron chi connectivity index (χ4n) is 6.98. The zero-order chi connectivity index (χ0) is 29.1. The molecule has 0 radical (unpaired) electrons. The molecule has 3 aliphatic rings. The molecule has 5 rings (SSSR count). The summed E-state index contributed by atoms with van der Waals surface area (Å²) in [4.78, 5) is 17.6. The molecule has 1 aromatic heterocycles. The summed E-state index contributed by atoms with van der Waals surface area (Å²) >= 11 is 0. The van der Waals surface area contributed by atoms with Gasteiger partial charge in [-0.15, -0.1) is 5.10 Å². The molecule has 0 saturated heterocycles. The SMILES string of the molecule is CCON=C1C[C@H](n2nncc2C(=O)O)[C@@]2(O)Oc3ccc(O)cc3[C@H]3[C@H](CCCCO)[C@@H](CCCCO)C=C1[C@H]32. The van der Waals surface area contributed by atoms with Gasteiger partial charge in [0.05, 0.1) is 17.8 Å². The third-order valence-corrected chi connectivity index (χ3v) is 8.65. The number of unbranched alkanes of at least 4 members (excludes halogenated alkanes) is 2. The summed E-state index contributed by atoms with van der Waals surface area (Å²) in [6, 6.07) is 3.81. The zero-order valence-electron chi connectivity index (χ0n) is 23.1. The standard InChI is InChI=1S/C29H38N4O8/c1-2-40-31-22-15-25(33-23(28(37)38)16-30-32-33)29(39)27-20(22)13-17(7-3-5-11-34)19(8-4-6-12-35)26(27)21-14-18(36)9-10-24(21)41-29/h9-10,13-14,16-17,19,25-27,34-36,39H,2-8,11-12,15H2,1H3,(H,37,38)/t17-,19+,25-,26+,27+,29+/m0/s1. The van der Waals surface area contributed by atoms with Crippen LogP contribution in [0.3, 0.4) is 0 Å². The predicted octanol–water partition coefficient (Wildman–Crippen LogP) is 3.00. The van der Waals surface area contributed by atoms with Gasteiger partial charge in [-0.25, -0.2) is 9.48 Å². The van der Waals surface area contributed by atoms with E-state index in [-0.39, 0.29) is 48.8 Å². The summed E-state index contributed by atoms with van der Waals surface area (Å²) in [5.74, 6) is -3.66. The minimum Gasteiger partial charge on any atom is -0.508 e. The molecule has 1 saturated carbocycles. The highest BCUT2D eigenvalue weighted by atomic mass is 16.6. The van der Waals surface area contributed by atoms with E-state index in [1.807, 2.05) is 6.92 Å². The van der Waals surface area contributed by atoms with E-state index < -0.39 is 23.7 Å². The van der Waals surface area contributed by atoms with Crippen LogP contribution in [-0.4, -0.2) is 77.8 Å². The van der Waals surface area contributed by atoms with E-state index in [2.05, 4.69) is 21.5 Å². The first-order chi connectivity index (χ1) is 19.8. The van der Waals surface area contributed by atoms with E-state index in [4.69, 9.17) is 9.57 Å². The molecule has 1 aromatic carbocycles. The Hall–Kier alpha value is -3.48. The zero-order valence-corrected chi connectivity index (χ0v) is 23.1. The van der Waals surface area contributed by atoms with Gasteiger partial charge in [-0.2, -0.15) is 0 Å². The Labute approximate surface area is 237 Å². The van der Waals surface area contributed by atoms with Crippen LogP contribution in [0, 0.1) is 17.8 Å². The van der Waals surface area contributed by atoms with Gasteiger partial charge < -0.3 is 35.1 Å². The lowest BCUT2D eigenvalue weighted by molar-refractivity contribution is -0.225. The Morgan fingerprint density at radius 3 is 2.66 bits per heavy atom. The van der Waals surface area contributed by atoms with Crippen LogP contribution in [0.4, 0.5) is 0 Å². The number of ether oxygens (including phenoxy) is 1. The topological polar surface area (TPSA) is 180 Å². The van der Waals surface area contributed by atoms with Crippen LogP contribution in [0.2, 0.25) is 0 Å². The third-order valence-electron chi connectivity index (χ3n) is 8.65. The first-order valence-corrected chi connectivity index (χ1v) is 14.3. The molecule has 2 aromatic rings. The highest BCUT2D eigenvalue weighted by molar-refractivity contribution is 6.02. The van der Waals surface area contributed by atoms with E-state index in [0.717, 1.165) is 43.0 Å². The summed E-state index contributed by atoms with van der Waals surface area (Å²) in [6.45, 7) is 2.30. The number of nitrogens with zero attached hydrogens (tertiary/aromatic N) is 4. The van der Waals surface area contributed by atoms with Gasteiger partial charge in [0.15, 0.2) is 5.69 Å². The summed E-state index contributed by atoms with van der Waals surface area (Å²) < 4.78 is 7.59. The number of aliphatic hydroxyl groups is 3. The van der Waals surface area contributed by atoms with Gasteiger partial charge in [-0.1, -0.05) is 29.3 Å². The van der Waals surface area contributed by atoms with E-state index >= 15 is 0 Å². The molecule has 0 bridgehead atoms. The molecular formula is C29H38N4O8. The molecule has 1 aliphatic heterocycles. The number of oxime groups is 1. The Kier molecular flexibility index (Phi) is 8.62. The number of hydrogen-bond acceptors (Lipinski definition) is 10. The number of aliphatic hydroxyl groups excluding tert-OH is 2. The number of benzene rings is 1. The fourth-order valence-corrected chi connectivity index (χ4v) is 6.98. The minimum absolute atomic E-state index is 0.00764. The number of phenolic OH excluding ortho intramolecular Hbond substituents is 1. The molecular weight excluding hydrogens is 532 g/mol. The van der Waals surface area contributed by atoms with Crippen molar-refractivity contribution in [1.29, 1.82) is 0 Å². The lowest BCUT2D eigenvalue weighted by atomic mass is 9.55. The number of rotatable bonds is 12. The Morgan fingerprint density at radius 2 is 1.95 bits per heavy atom. The molecule has 2 heterocycles. The number of allylic oxidation sites excluding steroid dienone is 1. The van der Waals surface area contributed by atoms with Crippen molar-refractivity contribution in [3.63, 3.8) is 0 Å². The summed E-state index contributed by atoms with van der Waals surface area (Å²) in [6.07, 6.45) is 7.74. The third kappa shape index (κ3) is 5.31. The second-order valence-electron chi connectivity index (χ2n) is 11.0. The Bertz CT molecular complexity index is 1310. The van der Waals surface area contributed by atoms with Crippen LogP contribution in [0.5, 0.6) is 11.5 Å². The summed E-state index contributed by atoms with van der Waals surface area (Å²) in [7, 11) is 0. The second kappa shape index (κ2) is 12.2. The molecule has 0 amide bonds. The number of aromatic hydroxyl groups is 1. The van der Waals surface area contributed by atoms with E-state index in [9.17, 15) is 30.3 Å². The number of aromatic nitrogens is 3. The molecule has 1 fully saturated rings. The minimum atomic E-state index is -1.92. The highest BCUT2D eigenvalue weighted by Crippen LogP contribution is 2.62. The van der Waals surface area contributed by atoms with Crippen molar-refractivity contribution >= 4 is 11.7 Å². The van der Waals surface area contributed by atoms with Crippen molar-refractivity contribution < 1.29 is 39.9 Å². The number of fused-ring (bicyclic) bond motifs is 2. The maximum Gasteiger partial charge on any atom is 0.355 e. The first kappa shape index (κ1) is 29.0. The Morgan fingerprint density at radius 1 is 1.20 bits per heavy atom. The Balaban J connectivity index is 1.73. The molecule has 41 heavy (non-hydrogen) atoms. The fraction of sp³-hybridized carbons (Fsp3) is 0.586. The van der Waals surface area contributed by atoms with Gasteiger partial charge in [0.1, 0.15) is 24.1 Å². The van der Waals surface area contributed by atoms with Crippen LogP contribution in [0.25, 0.3) is 0 Å². The van der Waals surface area contributed by atoms with Crippen molar-refractivity contribution in [1.82, 2.24) is 15.0 Å². The van der Waals surface area contributed by atoms with Gasteiger partial charge in [-0.05, 0) is 68.2 Å². The van der Waals surface area contributed by atoms with Crippen molar-refractivity contribution in [2.45, 2.75) is 69.6 Å². The monoisotopic (exact) mass is 570 g/mol. The maximum absolute atomic E-state index is 12.6. The molecule has 12 nitrogen and oxygen atoms in total. The predicted molar refractivity (Wildman–Crippen MR) is 147 cm³/mol. The average molecular weight is 571 g/mol. The quantitative estimate of drug-likeness (QED) is 0.188. The van der Waals surface area contributed by atoms with Crippen molar-refractivity contribution in [3.05, 3.63) is 47.3 Å². The summed E-state index contributed by atoms with van der Waals surface area (Å²) in [5.41, 5.74) is 1.89. The van der Waals surface area contributed by atoms with Crippen LogP contribution in [0.1, 0.15) is 79.9 Å². The number of hydrogen-bond donors (Lipinski definition) is 5. The lowest BCUT2D eigenvalue weighted by Gasteiger charge is -2.56. The molecule has 0 spiro atoms. The van der Waals surface area contributed by atoms with Gasteiger partial charge in [0.2, 0.25) is 5.79 Å². The van der Waals surface area contributed by atoms with Crippen molar-refractivity contribution in [2.24, 2.45) is 22.9 Å². The first-order valence-electron chi connectivity index (χ1n) is 14.3. The van der Waals surface area contributed by atoms with Gasteiger partial charge in [0, 0.05) is 31.1 Å². The van der Waals surface area contributed by atoms with Crippen molar-refractivity contribution in [3.8, 4) is 11.5 Å².